The first-order chi connectivity index (χ1) is 20.2. The zero-order chi connectivity index (χ0) is 29.5. The molecule has 1 aromatic carbocycles. The van der Waals surface area contributed by atoms with Crippen LogP contribution in [0.25, 0.3) is 0 Å². The van der Waals surface area contributed by atoms with E-state index in [0.29, 0.717) is 65.6 Å². The average Bonchev–Trinajstić information content (AvgIpc) is 3.23. The van der Waals surface area contributed by atoms with Gasteiger partial charge < -0.3 is 10.1 Å². The molecule has 1 aliphatic heterocycles. The summed E-state index contributed by atoms with van der Waals surface area (Å²) in [5.74, 6) is 3.36. The quantitative estimate of drug-likeness (QED) is 0.274. The number of rotatable bonds is 9. The standard InChI is InChI=1S/C35H40N4O3/c1-23-27(17-28-18-30(23)34(28,2)3)22-39-32(19-31(40)26-5-7-29(42-4)8-6-26)38-35(33(39)41,20-24-9-13-36-14-10-24)21-25-11-15-37-16-12-25/h5-16,19,23,27-28,30,38H,17-18,20-22H2,1-4H3. The maximum absolute atomic E-state index is 14.7. The fourth-order valence-electron chi connectivity index (χ4n) is 7.72. The van der Waals surface area contributed by atoms with E-state index in [1.165, 1.54) is 6.42 Å². The van der Waals surface area contributed by atoms with E-state index in [9.17, 15) is 9.59 Å². The summed E-state index contributed by atoms with van der Waals surface area (Å²) in [7, 11) is 1.60. The number of nitrogens with zero attached hydrogens (tertiary/aromatic N) is 3. The van der Waals surface area contributed by atoms with E-state index >= 15 is 0 Å². The van der Waals surface area contributed by atoms with Crippen LogP contribution in [0.4, 0.5) is 0 Å². The lowest BCUT2D eigenvalue weighted by Gasteiger charge is -2.62. The van der Waals surface area contributed by atoms with Gasteiger partial charge in [0.05, 0.1) is 7.11 Å². The maximum Gasteiger partial charge on any atom is 0.254 e. The van der Waals surface area contributed by atoms with Gasteiger partial charge in [-0.05, 0) is 102 Å². The molecule has 3 aromatic rings. The van der Waals surface area contributed by atoms with Crippen molar-refractivity contribution in [3.8, 4) is 5.75 Å². The van der Waals surface area contributed by atoms with Crippen LogP contribution in [0.3, 0.4) is 0 Å². The van der Waals surface area contributed by atoms with Crippen molar-refractivity contribution < 1.29 is 14.3 Å². The van der Waals surface area contributed by atoms with Gasteiger partial charge in [-0.15, -0.1) is 0 Å². The molecule has 0 spiro atoms. The Hall–Kier alpha value is -4.00. The third-order valence-electron chi connectivity index (χ3n) is 10.4. The Bertz CT molecular complexity index is 1430. The van der Waals surface area contributed by atoms with Gasteiger partial charge in [0.2, 0.25) is 0 Å². The lowest BCUT2D eigenvalue weighted by Crippen LogP contribution is -2.57. The zero-order valence-corrected chi connectivity index (χ0v) is 24.9. The largest absolute Gasteiger partial charge is 0.497 e. The van der Waals surface area contributed by atoms with Crippen LogP contribution in [-0.4, -0.2) is 45.8 Å². The molecule has 3 aliphatic carbocycles. The Morgan fingerprint density at radius 1 is 0.976 bits per heavy atom. The van der Waals surface area contributed by atoms with E-state index in [0.717, 1.165) is 17.5 Å². The molecule has 7 heteroatoms. The predicted octanol–water partition coefficient (Wildman–Crippen LogP) is 5.48. The van der Waals surface area contributed by atoms with E-state index in [-0.39, 0.29) is 11.7 Å². The van der Waals surface area contributed by atoms with Crippen LogP contribution in [0, 0.1) is 29.1 Å². The number of hydrogen-bond donors (Lipinski definition) is 1. The number of aromatic nitrogens is 2. The van der Waals surface area contributed by atoms with Crippen LogP contribution < -0.4 is 10.1 Å². The van der Waals surface area contributed by atoms with Gasteiger partial charge in [-0.3, -0.25) is 24.5 Å². The number of methoxy groups -OCH3 is 1. The number of ketones is 1. The minimum atomic E-state index is -0.950. The third-order valence-corrected chi connectivity index (χ3v) is 10.4. The molecule has 4 unspecified atom stereocenters. The molecule has 218 valence electrons. The van der Waals surface area contributed by atoms with Gasteiger partial charge in [0.25, 0.3) is 5.91 Å². The SMILES string of the molecule is COc1ccc(C(=O)C=C2NC(Cc3ccncc3)(Cc3ccncc3)C(=O)N2CC2CC3CC(C2C)C3(C)C)cc1. The molecular weight excluding hydrogens is 524 g/mol. The summed E-state index contributed by atoms with van der Waals surface area (Å²) in [6.07, 6.45) is 12.0. The second-order valence-corrected chi connectivity index (χ2v) is 13.0. The number of allylic oxidation sites excluding steroid dienone is 1. The van der Waals surface area contributed by atoms with Crippen molar-refractivity contribution in [1.29, 1.82) is 0 Å². The molecule has 3 heterocycles. The minimum Gasteiger partial charge on any atom is -0.497 e. The molecular formula is C35H40N4O3. The third kappa shape index (κ3) is 5.10. The number of amides is 1. The molecule has 2 bridgehead atoms. The molecule has 1 saturated heterocycles. The van der Waals surface area contributed by atoms with Gasteiger partial charge in [-0.25, -0.2) is 0 Å². The lowest BCUT2D eigenvalue weighted by atomic mass is 9.43. The summed E-state index contributed by atoms with van der Waals surface area (Å²) in [6, 6.07) is 14.9. The fourth-order valence-corrected chi connectivity index (χ4v) is 7.72. The van der Waals surface area contributed by atoms with Gasteiger partial charge in [-0.2, -0.15) is 0 Å². The number of ether oxygens (including phenoxy) is 1. The minimum absolute atomic E-state index is 0.00983. The Morgan fingerprint density at radius 2 is 1.57 bits per heavy atom. The fraction of sp³-hybridized carbons (Fsp3) is 0.429. The molecule has 4 atom stereocenters. The van der Waals surface area contributed by atoms with E-state index in [1.54, 1.807) is 62.2 Å². The van der Waals surface area contributed by atoms with Gasteiger partial charge >= 0.3 is 0 Å². The first-order valence-electron chi connectivity index (χ1n) is 15.0. The van der Waals surface area contributed by atoms with Crippen molar-refractivity contribution >= 4 is 11.7 Å². The molecule has 4 fully saturated rings. The smallest absolute Gasteiger partial charge is 0.254 e. The number of carbonyl (C=O) groups excluding carboxylic acids is 2. The van der Waals surface area contributed by atoms with E-state index in [4.69, 9.17) is 4.74 Å². The highest BCUT2D eigenvalue weighted by molar-refractivity contribution is 6.06. The number of fused-ring (bicyclic) bond motifs is 2. The molecule has 42 heavy (non-hydrogen) atoms. The van der Waals surface area contributed by atoms with Crippen molar-refractivity contribution in [1.82, 2.24) is 20.2 Å². The first-order valence-corrected chi connectivity index (χ1v) is 15.0. The number of pyridine rings is 2. The number of benzene rings is 1. The molecule has 2 aromatic heterocycles. The summed E-state index contributed by atoms with van der Waals surface area (Å²) in [4.78, 5) is 38.5. The number of hydrogen-bond acceptors (Lipinski definition) is 6. The summed E-state index contributed by atoms with van der Waals surface area (Å²) in [6.45, 7) is 7.75. The summed E-state index contributed by atoms with van der Waals surface area (Å²) < 4.78 is 5.27. The van der Waals surface area contributed by atoms with Crippen LogP contribution in [0.1, 0.15) is 55.1 Å². The topological polar surface area (TPSA) is 84.4 Å². The highest BCUT2D eigenvalue weighted by Crippen LogP contribution is 2.63. The van der Waals surface area contributed by atoms with Gasteiger partial charge in [0.1, 0.15) is 17.1 Å². The highest BCUT2D eigenvalue weighted by Gasteiger charge is 2.57. The molecule has 4 aliphatic rings. The van der Waals surface area contributed by atoms with Crippen molar-refractivity contribution in [2.75, 3.05) is 13.7 Å². The normalized spacial score (nSPS) is 26.4. The van der Waals surface area contributed by atoms with Gasteiger partial charge in [0.15, 0.2) is 5.78 Å². The molecule has 1 amide bonds. The van der Waals surface area contributed by atoms with Crippen molar-refractivity contribution in [3.05, 3.63) is 102 Å². The summed E-state index contributed by atoms with van der Waals surface area (Å²) in [5.41, 5.74) is 1.98. The Labute approximate surface area is 248 Å². The van der Waals surface area contributed by atoms with Crippen molar-refractivity contribution in [2.45, 2.75) is 52.0 Å². The number of nitrogens with one attached hydrogen (secondary N) is 1. The Balaban J connectivity index is 1.37. The maximum atomic E-state index is 14.7. The highest BCUT2D eigenvalue weighted by atomic mass is 16.5. The molecule has 0 radical (unpaired) electrons. The Kier molecular flexibility index (Phi) is 7.37. The summed E-state index contributed by atoms with van der Waals surface area (Å²) >= 11 is 0. The van der Waals surface area contributed by atoms with Crippen molar-refractivity contribution in [3.63, 3.8) is 0 Å². The van der Waals surface area contributed by atoms with E-state index in [1.807, 2.05) is 29.2 Å². The first kappa shape index (κ1) is 28.1. The second kappa shape index (κ2) is 11.0. The second-order valence-electron chi connectivity index (χ2n) is 13.0. The molecule has 7 rings (SSSR count). The van der Waals surface area contributed by atoms with Gasteiger partial charge in [-0.1, -0.05) is 20.8 Å². The average molecular weight is 565 g/mol. The zero-order valence-electron chi connectivity index (χ0n) is 24.9. The number of carbonyl (C=O) groups is 2. The predicted molar refractivity (Wildman–Crippen MR) is 162 cm³/mol. The van der Waals surface area contributed by atoms with E-state index in [2.05, 4.69) is 36.1 Å². The lowest BCUT2D eigenvalue weighted by molar-refractivity contribution is -0.142. The summed E-state index contributed by atoms with van der Waals surface area (Å²) in [5, 5.41) is 3.62. The molecule has 1 N–H and O–H groups in total. The van der Waals surface area contributed by atoms with Crippen LogP contribution in [0.15, 0.2) is 85.2 Å². The Morgan fingerprint density at radius 3 is 2.10 bits per heavy atom. The van der Waals surface area contributed by atoms with Crippen LogP contribution >= 0.6 is 0 Å². The van der Waals surface area contributed by atoms with Crippen LogP contribution in [0.5, 0.6) is 5.75 Å². The van der Waals surface area contributed by atoms with Gasteiger partial charge in [0, 0.05) is 55.8 Å². The van der Waals surface area contributed by atoms with Crippen LogP contribution in [0.2, 0.25) is 0 Å². The van der Waals surface area contributed by atoms with Crippen molar-refractivity contribution in [2.24, 2.45) is 29.1 Å². The molecule has 7 nitrogen and oxygen atoms in total. The monoisotopic (exact) mass is 564 g/mol. The molecule has 3 saturated carbocycles. The van der Waals surface area contributed by atoms with Crippen LogP contribution in [-0.2, 0) is 17.6 Å². The van der Waals surface area contributed by atoms with E-state index < -0.39 is 5.54 Å².